The van der Waals surface area contributed by atoms with Crippen LogP contribution in [0, 0.1) is 5.41 Å². The number of carbonyl (C=O) groups is 2. The molecule has 7 N–H and O–H groups in total. The molecule has 0 bridgehead atoms. The number of halogens is 1. The molecule has 2 rings (SSSR count). The molecule has 0 spiro atoms. The number of nitrogens with two attached hydrogens (primary N) is 2. The molecule has 0 aromatic carbocycles. The Morgan fingerprint density at radius 1 is 1.32 bits per heavy atom. The van der Waals surface area contributed by atoms with Gasteiger partial charge in [-0.15, -0.1) is 17.5 Å². The number of nitrogen functional groups attached to an aromatic ring is 1. The van der Waals surface area contributed by atoms with E-state index in [1.165, 1.54) is 10.7 Å². The van der Waals surface area contributed by atoms with Crippen molar-refractivity contribution in [2.75, 3.05) is 17.6 Å². The zero-order chi connectivity index (χ0) is 17.9. The van der Waals surface area contributed by atoms with Gasteiger partial charge in [0.25, 0.3) is 11.8 Å². The van der Waals surface area contributed by atoms with E-state index in [-0.39, 0.29) is 48.9 Å². The van der Waals surface area contributed by atoms with Gasteiger partial charge in [-0.05, 0) is 6.07 Å². The molecule has 2 amide bonds. The van der Waals surface area contributed by atoms with E-state index >= 15 is 0 Å². The maximum Gasteiger partial charge on any atom is 0.293 e. The summed E-state index contributed by atoms with van der Waals surface area (Å²) in [5.41, 5.74) is 11.5. The maximum absolute atomic E-state index is 12.1. The van der Waals surface area contributed by atoms with Crippen LogP contribution >= 0.6 is 12.4 Å². The van der Waals surface area contributed by atoms with Gasteiger partial charge in [-0.25, -0.2) is 4.68 Å². The average molecular weight is 370 g/mol. The second-order valence-corrected chi connectivity index (χ2v) is 5.13. The lowest BCUT2D eigenvalue weighted by atomic mass is 10.3. The molecule has 0 unspecified atom stereocenters. The van der Waals surface area contributed by atoms with Crippen LogP contribution in [0.1, 0.15) is 27.5 Å². The van der Waals surface area contributed by atoms with Crippen molar-refractivity contribution in [3.05, 3.63) is 23.8 Å². The van der Waals surface area contributed by atoms with Gasteiger partial charge in [0.05, 0.1) is 11.5 Å². The van der Waals surface area contributed by atoms with Crippen LogP contribution in [0.15, 0.2) is 12.3 Å². The highest BCUT2D eigenvalue weighted by atomic mass is 35.5. The third-order valence-electron chi connectivity index (χ3n) is 3.16. The average Bonchev–Trinajstić information content (AvgIpc) is 3.00. The molecule has 0 atom stereocenters. The predicted molar refractivity (Wildman–Crippen MR) is 94.9 cm³/mol. The van der Waals surface area contributed by atoms with Crippen molar-refractivity contribution in [3.63, 3.8) is 0 Å². The molecular weight excluding hydrogens is 350 g/mol. The monoisotopic (exact) mass is 369 g/mol. The molecule has 0 aliphatic carbocycles. The fraction of sp³-hybridized carbons (Fsp3) is 0.308. The first-order valence-electron chi connectivity index (χ1n) is 7.03. The number of amides is 2. The van der Waals surface area contributed by atoms with Gasteiger partial charge in [-0.1, -0.05) is 0 Å². The number of hydrogen-bond donors (Lipinski definition) is 5. The number of hydrogen-bond acceptors (Lipinski definition) is 6. The molecule has 2 aromatic rings. The third-order valence-corrected chi connectivity index (χ3v) is 3.16. The number of amidine groups is 1. The molecule has 0 fully saturated rings. The van der Waals surface area contributed by atoms with Crippen molar-refractivity contribution >= 4 is 41.7 Å². The Morgan fingerprint density at radius 3 is 2.56 bits per heavy atom. The van der Waals surface area contributed by atoms with Crippen LogP contribution in [-0.4, -0.2) is 43.5 Å². The van der Waals surface area contributed by atoms with Gasteiger partial charge in [0.15, 0.2) is 0 Å². The van der Waals surface area contributed by atoms with Crippen molar-refractivity contribution in [1.82, 2.24) is 24.6 Å². The summed E-state index contributed by atoms with van der Waals surface area (Å²) in [5.74, 6) is -0.763. The number of aryl methyl sites for hydroxylation is 2. The van der Waals surface area contributed by atoms with E-state index in [2.05, 4.69) is 20.7 Å². The molecule has 0 saturated heterocycles. The van der Waals surface area contributed by atoms with Crippen molar-refractivity contribution in [2.45, 2.75) is 6.42 Å². The van der Waals surface area contributed by atoms with Crippen LogP contribution < -0.4 is 22.1 Å². The van der Waals surface area contributed by atoms with E-state index < -0.39 is 5.91 Å². The largest absolute Gasteiger partial charge is 0.388 e. The lowest BCUT2D eigenvalue weighted by molar-refractivity contribution is 0.0945. The molecule has 0 radical (unpaired) electrons. The van der Waals surface area contributed by atoms with E-state index in [0.29, 0.717) is 11.4 Å². The van der Waals surface area contributed by atoms with E-state index in [0.717, 1.165) is 0 Å². The number of aromatic nitrogens is 4. The van der Waals surface area contributed by atoms with Crippen LogP contribution in [-0.2, 0) is 14.1 Å². The first-order valence-corrected chi connectivity index (χ1v) is 7.03. The van der Waals surface area contributed by atoms with Crippen LogP contribution in [0.25, 0.3) is 0 Å². The number of nitrogens with zero attached hydrogens (tertiary/aromatic N) is 4. The Bertz CT molecular complexity index is 796. The quantitative estimate of drug-likeness (QED) is 0.338. The first kappa shape index (κ1) is 20.0. The maximum atomic E-state index is 12.1. The summed E-state index contributed by atoms with van der Waals surface area (Å²) in [5, 5.41) is 16.2. The minimum Gasteiger partial charge on any atom is -0.388 e. The zero-order valence-electron chi connectivity index (χ0n) is 13.7. The topological polar surface area (TPSA) is 170 Å². The van der Waals surface area contributed by atoms with E-state index in [4.69, 9.17) is 16.9 Å². The second-order valence-electron chi connectivity index (χ2n) is 5.13. The Hall–Kier alpha value is -3.08. The minimum absolute atomic E-state index is 0. The molecule has 0 aliphatic rings. The normalized spacial score (nSPS) is 10.0. The van der Waals surface area contributed by atoms with E-state index in [1.807, 2.05) is 0 Å². The summed E-state index contributed by atoms with van der Waals surface area (Å²) in [4.78, 5) is 28.1. The van der Waals surface area contributed by atoms with Gasteiger partial charge in [0.1, 0.15) is 5.69 Å². The summed E-state index contributed by atoms with van der Waals surface area (Å²) in [6.07, 6.45) is 1.87. The fourth-order valence-corrected chi connectivity index (χ4v) is 2.05. The third kappa shape index (κ3) is 4.94. The van der Waals surface area contributed by atoms with Crippen molar-refractivity contribution in [1.29, 1.82) is 5.41 Å². The summed E-state index contributed by atoms with van der Waals surface area (Å²) in [6, 6.07) is 1.53. The Balaban J connectivity index is 0.00000312. The van der Waals surface area contributed by atoms with Gasteiger partial charge in [0.2, 0.25) is 11.8 Å². The highest BCUT2D eigenvalue weighted by Crippen LogP contribution is 2.14. The van der Waals surface area contributed by atoms with Crippen molar-refractivity contribution in [3.8, 4) is 0 Å². The highest BCUT2D eigenvalue weighted by molar-refractivity contribution is 6.03. The van der Waals surface area contributed by atoms with Crippen molar-refractivity contribution in [2.24, 2.45) is 19.8 Å². The molecular formula is C13H20ClN9O2. The molecule has 11 nitrogen and oxygen atoms in total. The van der Waals surface area contributed by atoms with Crippen LogP contribution in [0.4, 0.5) is 11.6 Å². The van der Waals surface area contributed by atoms with E-state index in [1.54, 1.807) is 24.9 Å². The lowest BCUT2D eigenvalue weighted by Crippen LogP contribution is -2.28. The Morgan fingerprint density at radius 2 is 2.00 bits per heavy atom. The first-order chi connectivity index (χ1) is 11.3. The van der Waals surface area contributed by atoms with Gasteiger partial charge in [0, 0.05) is 33.3 Å². The SMILES string of the molecule is Cl.Cn1cc(NC(=O)c2nc(N)nn2C)cc1C(=O)NCCC(=N)N. The lowest BCUT2D eigenvalue weighted by Gasteiger charge is -2.04. The smallest absolute Gasteiger partial charge is 0.293 e. The zero-order valence-corrected chi connectivity index (χ0v) is 14.6. The molecule has 12 heteroatoms. The van der Waals surface area contributed by atoms with Gasteiger partial charge < -0.3 is 26.7 Å². The molecule has 136 valence electrons. The molecule has 0 saturated carbocycles. The minimum atomic E-state index is -0.490. The van der Waals surface area contributed by atoms with Crippen LogP contribution in [0.3, 0.4) is 0 Å². The summed E-state index contributed by atoms with van der Waals surface area (Å²) < 4.78 is 2.84. The standard InChI is InChI=1S/C13H19N9O2.ClH/c1-21-6-7(5-8(21)11(23)17-4-3-9(14)15)18-12(24)10-19-13(16)20-22(10)2;/h5-6H,3-4H2,1-2H3,(H3,14,15)(H2,16,20)(H,17,23)(H,18,24);1H. The summed E-state index contributed by atoms with van der Waals surface area (Å²) >= 11 is 0. The molecule has 25 heavy (non-hydrogen) atoms. The number of carbonyl (C=O) groups excluding carboxylic acids is 2. The number of anilines is 2. The van der Waals surface area contributed by atoms with Crippen molar-refractivity contribution < 1.29 is 9.59 Å². The second kappa shape index (κ2) is 8.15. The van der Waals surface area contributed by atoms with Crippen LogP contribution in [0.5, 0.6) is 0 Å². The van der Waals surface area contributed by atoms with E-state index in [9.17, 15) is 9.59 Å². The number of nitrogens with one attached hydrogen (secondary N) is 3. The Labute approximate surface area is 149 Å². The predicted octanol–water partition coefficient (Wildman–Crippen LogP) is -0.534. The highest BCUT2D eigenvalue weighted by Gasteiger charge is 2.17. The molecule has 2 aromatic heterocycles. The van der Waals surface area contributed by atoms with Gasteiger partial charge in [-0.2, -0.15) is 4.98 Å². The summed E-state index contributed by atoms with van der Waals surface area (Å²) in [7, 11) is 3.23. The summed E-state index contributed by atoms with van der Waals surface area (Å²) in [6.45, 7) is 0.263. The van der Waals surface area contributed by atoms with Gasteiger partial charge >= 0.3 is 0 Å². The Kier molecular flexibility index (Phi) is 6.51. The molecule has 2 heterocycles. The fourth-order valence-electron chi connectivity index (χ4n) is 2.05. The molecule has 0 aliphatic heterocycles. The van der Waals surface area contributed by atoms with Crippen LogP contribution in [0.2, 0.25) is 0 Å². The number of rotatable bonds is 6. The van der Waals surface area contributed by atoms with Gasteiger partial charge in [-0.3, -0.25) is 15.0 Å².